The Labute approximate surface area is 302 Å². The molecule has 1 N–H and O–H groups in total. The highest BCUT2D eigenvalue weighted by Crippen LogP contribution is 2.74. The third-order valence-electron chi connectivity index (χ3n) is 14.0. The highest BCUT2D eigenvalue weighted by molar-refractivity contribution is 5.85. The first-order chi connectivity index (χ1) is 23.2. The van der Waals surface area contributed by atoms with Gasteiger partial charge in [0, 0.05) is 43.4 Å². The lowest BCUT2D eigenvalue weighted by Gasteiger charge is -2.69. The van der Waals surface area contributed by atoms with Crippen LogP contribution in [0.3, 0.4) is 0 Å². The molecule has 0 aliphatic heterocycles. The van der Waals surface area contributed by atoms with Crippen molar-refractivity contribution in [3.05, 3.63) is 11.1 Å². The predicted molar refractivity (Wildman–Crippen MR) is 194 cm³/mol. The van der Waals surface area contributed by atoms with Gasteiger partial charge in [-0.05, 0) is 99.7 Å². The van der Waals surface area contributed by atoms with E-state index in [0.29, 0.717) is 44.3 Å². The summed E-state index contributed by atoms with van der Waals surface area (Å²) in [5.41, 5.74) is 0.376. The minimum Gasteiger partial charge on any atom is -0.462 e. The van der Waals surface area contributed by atoms with Gasteiger partial charge in [-0.2, -0.15) is 0 Å². The molecule has 0 spiro atoms. The topological polar surface area (TPSA) is 116 Å². The summed E-state index contributed by atoms with van der Waals surface area (Å²) in [6.07, 6.45) is 6.88. The lowest BCUT2D eigenvalue weighted by molar-refractivity contribution is -0.218. The Morgan fingerprint density at radius 1 is 0.860 bits per heavy atom. The fourth-order valence-electron chi connectivity index (χ4n) is 11.4. The number of ether oxygens (including phenoxy) is 3. The van der Waals surface area contributed by atoms with Crippen molar-refractivity contribution in [2.24, 2.45) is 39.4 Å². The first kappa shape index (κ1) is 40.5. The maximum Gasteiger partial charge on any atom is 0.306 e. The van der Waals surface area contributed by atoms with Gasteiger partial charge in [0.05, 0.1) is 5.60 Å². The number of hydrogen-bond donors (Lipinski definition) is 1. The molecule has 8 nitrogen and oxygen atoms in total. The summed E-state index contributed by atoms with van der Waals surface area (Å²) in [5, 5.41) is 11.3. The average Bonchev–Trinajstić information content (AvgIpc) is 3.35. The summed E-state index contributed by atoms with van der Waals surface area (Å²) in [6.45, 7) is 22.7. The van der Waals surface area contributed by atoms with Crippen LogP contribution >= 0.6 is 0 Å². The van der Waals surface area contributed by atoms with Crippen LogP contribution in [0.15, 0.2) is 11.1 Å². The number of rotatable bonds is 14. The molecule has 9 atom stereocenters. The van der Waals surface area contributed by atoms with Crippen molar-refractivity contribution in [2.45, 2.75) is 190 Å². The van der Waals surface area contributed by atoms with Gasteiger partial charge in [-0.25, -0.2) is 0 Å². The zero-order valence-electron chi connectivity index (χ0n) is 33.2. The van der Waals surface area contributed by atoms with Crippen LogP contribution in [0.25, 0.3) is 0 Å². The zero-order valence-corrected chi connectivity index (χ0v) is 33.2. The minimum atomic E-state index is -1.43. The highest BCUT2D eigenvalue weighted by atomic mass is 16.6. The summed E-state index contributed by atoms with van der Waals surface area (Å²) >= 11 is 0. The van der Waals surface area contributed by atoms with Crippen LogP contribution in [-0.4, -0.2) is 52.7 Å². The van der Waals surface area contributed by atoms with E-state index in [2.05, 4.69) is 41.5 Å². The van der Waals surface area contributed by atoms with Crippen LogP contribution in [0, 0.1) is 39.4 Å². The largest absolute Gasteiger partial charge is 0.462 e. The SMILES string of the molecule is CCCC(=O)O[C@@H](C[C@@H](C)C1=C2C[C@H](OC(=O)CCC)[C@H]3[C@@]4(C)CCC(=O)C(C)(C)[C@@H]4CC[C@]3(C)[C@@]2(C)CC1)[C@@H](OC(=O)CCC)C(C)(C)O. The molecule has 4 aliphatic carbocycles. The molecule has 0 saturated heterocycles. The van der Waals surface area contributed by atoms with Gasteiger partial charge in [-0.15, -0.1) is 0 Å². The van der Waals surface area contributed by atoms with Gasteiger partial charge in [-0.1, -0.05) is 73.5 Å². The van der Waals surface area contributed by atoms with E-state index in [9.17, 15) is 24.3 Å². The molecule has 0 heterocycles. The van der Waals surface area contributed by atoms with Crippen LogP contribution in [0.4, 0.5) is 0 Å². The monoisotopic (exact) mass is 700 g/mol. The van der Waals surface area contributed by atoms with Crippen molar-refractivity contribution >= 4 is 23.7 Å². The third-order valence-corrected chi connectivity index (χ3v) is 14.0. The van der Waals surface area contributed by atoms with Crippen molar-refractivity contribution in [1.29, 1.82) is 0 Å². The number of ketones is 1. The van der Waals surface area contributed by atoms with Crippen LogP contribution < -0.4 is 0 Å². The number of Topliss-reactive ketones (excluding diaryl/α,β-unsaturated/α-hetero) is 1. The fourth-order valence-corrected chi connectivity index (χ4v) is 11.4. The summed E-state index contributed by atoms with van der Waals surface area (Å²) in [7, 11) is 0. The van der Waals surface area contributed by atoms with E-state index in [1.807, 2.05) is 20.8 Å². The molecule has 284 valence electrons. The average molecular weight is 701 g/mol. The molecule has 0 bridgehead atoms. The molecular weight excluding hydrogens is 632 g/mol. The quantitative estimate of drug-likeness (QED) is 0.109. The van der Waals surface area contributed by atoms with E-state index in [0.717, 1.165) is 38.5 Å². The lowest BCUT2D eigenvalue weighted by Crippen LogP contribution is -2.66. The summed E-state index contributed by atoms with van der Waals surface area (Å²) < 4.78 is 18.5. The molecule has 3 saturated carbocycles. The summed E-state index contributed by atoms with van der Waals surface area (Å²) in [5.74, 6) is -0.284. The van der Waals surface area contributed by atoms with Crippen LogP contribution in [0.1, 0.15) is 166 Å². The van der Waals surface area contributed by atoms with E-state index in [-0.39, 0.29) is 64.9 Å². The second kappa shape index (κ2) is 15.0. The standard InChI is InChI=1S/C42H68O8/c1-12-15-33(44)48-29-25-28-27(26(4)24-30(49-34(45)16-13-2)37(39(7,8)47)50-35(46)17-14-3)18-22-41(28,10)42(11)23-19-31-38(5,6)32(43)20-21-40(31,9)36(29)42/h26,29-31,36-37,47H,12-25H2,1-11H3/t26-,29+,30+,31+,36+,37-,40+,41+,42+/m1/s1. The molecule has 8 heteroatoms. The number of aliphatic hydroxyl groups is 1. The maximum absolute atomic E-state index is 13.3. The summed E-state index contributed by atoms with van der Waals surface area (Å²) in [4.78, 5) is 52.3. The van der Waals surface area contributed by atoms with Gasteiger partial charge >= 0.3 is 17.9 Å². The predicted octanol–water partition coefficient (Wildman–Crippen LogP) is 8.85. The minimum absolute atomic E-state index is 0.0358. The first-order valence-corrected chi connectivity index (χ1v) is 19.8. The number of hydrogen-bond acceptors (Lipinski definition) is 8. The Balaban J connectivity index is 1.77. The second-order valence-electron chi connectivity index (χ2n) is 18.2. The molecule has 4 rings (SSSR count). The second-order valence-corrected chi connectivity index (χ2v) is 18.2. The van der Waals surface area contributed by atoms with Gasteiger partial charge in [0.1, 0.15) is 18.0 Å². The molecule has 4 aliphatic rings. The zero-order chi connectivity index (χ0) is 37.4. The summed E-state index contributed by atoms with van der Waals surface area (Å²) in [6, 6.07) is 0. The number of allylic oxidation sites excluding steroid dienone is 1. The number of esters is 3. The van der Waals surface area contributed by atoms with E-state index >= 15 is 0 Å². The van der Waals surface area contributed by atoms with Gasteiger partial charge < -0.3 is 19.3 Å². The molecule has 0 aromatic carbocycles. The van der Waals surface area contributed by atoms with E-state index in [1.165, 1.54) is 11.1 Å². The van der Waals surface area contributed by atoms with Gasteiger partial charge in [-0.3, -0.25) is 19.2 Å². The normalized spacial score (nSPS) is 33.8. The molecule has 0 aromatic heterocycles. The van der Waals surface area contributed by atoms with Crippen molar-refractivity contribution in [3.8, 4) is 0 Å². The molecule has 0 amide bonds. The van der Waals surface area contributed by atoms with Gasteiger partial charge in [0.2, 0.25) is 0 Å². The Morgan fingerprint density at radius 3 is 2.02 bits per heavy atom. The van der Waals surface area contributed by atoms with E-state index in [4.69, 9.17) is 14.2 Å². The Morgan fingerprint density at radius 2 is 1.44 bits per heavy atom. The van der Waals surface area contributed by atoms with Crippen molar-refractivity contribution < 1.29 is 38.5 Å². The third kappa shape index (κ3) is 7.35. The first-order valence-electron chi connectivity index (χ1n) is 19.8. The number of fused-ring (bicyclic) bond motifs is 5. The maximum atomic E-state index is 13.3. The Bertz CT molecular complexity index is 1320. The van der Waals surface area contributed by atoms with Crippen molar-refractivity contribution in [2.75, 3.05) is 0 Å². The molecule has 3 fully saturated rings. The molecule has 0 radical (unpaired) electrons. The smallest absolute Gasteiger partial charge is 0.306 e. The number of carbonyl (C=O) groups is 4. The highest BCUT2D eigenvalue weighted by Gasteiger charge is 2.70. The lowest BCUT2D eigenvalue weighted by atomic mass is 9.36. The van der Waals surface area contributed by atoms with Crippen LogP contribution in [0.2, 0.25) is 0 Å². The Hall–Kier alpha value is -2.22. The molecule has 0 unspecified atom stereocenters. The van der Waals surface area contributed by atoms with Crippen LogP contribution in [-0.2, 0) is 33.4 Å². The van der Waals surface area contributed by atoms with Crippen molar-refractivity contribution in [1.82, 2.24) is 0 Å². The van der Waals surface area contributed by atoms with Crippen molar-refractivity contribution in [3.63, 3.8) is 0 Å². The van der Waals surface area contributed by atoms with Crippen LogP contribution in [0.5, 0.6) is 0 Å². The fraction of sp³-hybridized carbons (Fsp3) is 0.857. The van der Waals surface area contributed by atoms with E-state index < -0.39 is 29.2 Å². The van der Waals surface area contributed by atoms with E-state index in [1.54, 1.807) is 13.8 Å². The van der Waals surface area contributed by atoms with Gasteiger partial charge in [0.25, 0.3) is 0 Å². The molecular formula is C42H68O8. The van der Waals surface area contributed by atoms with Gasteiger partial charge in [0.15, 0.2) is 6.10 Å². The molecule has 50 heavy (non-hydrogen) atoms. The number of carbonyl (C=O) groups excluding carboxylic acids is 4. The Kier molecular flexibility index (Phi) is 12.2. The molecule has 0 aromatic rings.